The highest BCUT2D eigenvalue weighted by molar-refractivity contribution is 6.22. The molecular weight excluding hydrogens is 386 g/mol. The lowest BCUT2D eigenvalue weighted by Crippen LogP contribution is -2.39. The molecule has 0 saturated carbocycles. The molecule has 2 aliphatic heterocycles. The molecule has 154 valence electrons. The van der Waals surface area contributed by atoms with Gasteiger partial charge in [0.1, 0.15) is 18.9 Å². The van der Waals surface area contributed by atoms with Crippen LogP contribution in [0, 0.1) is 5.41 Å². The fourth-order valence-corrected chi connectivity index (χ4v) is 3.59. The summed E-state index contributed by atoms with van der Waals surface area (Å²) in [4.78, 5) is 52.4. The van der Waals surface area contributed by atoms with Gasteiger partial charge < -0.3 is 15.0 Å². The summed E-state index contributed by atoms with van der Waals surface area (Å²) in [5.41, 5.74) is 0.954. The number of nitrogens with one attached hydrogen (secondary N) is 1. The quantitative estimate of drug-likeness (QED) is 0.788. The zero-order valence-corrected chi connectivity index (χ0v) is 16.9. The molecule has 2 aliphatic rings. The van der Waals surface area contributed by atoms with Gasteiger partial charge in [-0.25, -0.2) is 0 Å². The first kappa shape index (κ1) is 19.6. The van der Waals surface area contributed by atoms with E-state index in [-0.39, 0.29) is 12.5 Å². The van der Waals surface area contributed by atoms with Gasteiger partial charge in [0, 0.05) is 18.8 Å². The highest BCUT2D eigenvalue weighted by Gasteiger charge is 2.37. The van der Waals surface area contributed by atoms with Crippen molar-refractivity contribution in [2.45, 2.75) is 13.8 Å². The molecule has 30 heavy (non-hydrogen) atoms. The second kappa shape index (κ2) is 6.98. The third-order valence-corrected chi connectivity index (χ3v) is 5.26. The number of anilines is 2. The molecule has 0 bridgehead atoms. The molecule has 4 rings (SSSR count). The smallest absolute Gasteiger partial charge is 0.262 e. The largest absolute Gasteiger partial charge is 0.490 e. The molecule has 2 aromatic rings. The summed E-state index contributed by atoms with van der Waals surface area (Å²) in [5, 5.41) is 2.69. The van der Waals surface area contributed by atoms with Crippen molar-refractivity contribution in [3.63, 3.8) is 0 Å². The molecule has 0 atom stereocenters. The fourth-order valence-electron chi connectivity index (χ4n) is 3.59. The van der Waals surface area contributed by atoms with E-state index in [0.717, 1.165) is 4.90 Å². The Bertz CT molecular complexity index is 1060. The second-order valence-electron chi connectivity index (χ2n) is 8.01. The first-order valence-corrected chi connectivity index (χ1v) is 9.49. The number of ether oxygens (including phenoxy) is 1. The van der Waals surface area contributed by atoms with Crippen LogP contribution in [0.25, 0.3) is 0 Å². The summed E-state index contributed by atoms with van der Waals surface area (Å²) >= 11 is 0. The van der Waals surface area contributed by atoms with Gasteiger partial charge in [-0.15, -0.1) is 0 Å². The molecule has 2 aromatic carbocycles. The molecule has 0 radical (unpaired) electrons. The highest BCUT2D eigenvalue weighted by atomic mass is 16.5. The third-order valence-electron chi connectivity index (χ3n) is 5.26. The van der Waals surface area contributed by atoms with Gasteiger partial charge in [0.15, 0.2) is 0 Å². The Balaban J connectivity index is 1.49. The van der Waals surface area contributed by atoms with Crippen LogP contribution in [0.2, 0.25) is 0 Å². The van der Waals surface area contributed by atoms with Crippen molar-refractivity contribution in [3.8, 4) is 5.75 Å². The number of carbonyl (C=O) groups excluding carboxylic acids is 4. The Hall–Kier alpha value is -3.68. The van der Waals surface area contributed by atoms with Crippen molar-refractivity contribution in [2.24, 2.45) is 5.41 Å². The first-order chi connectivity index (χ1) is 14.2. The Kier molecular flexibility index (Phi) is 4.57. The van der Waals surface area contributed by atoms with Crippen LogP contribution in [-0.2, 0) is 9.59 Å². The van der Waals surface area contributed by atoms with Gasteiger partial charge in [-0.1, -0.05) is 12.1 Å². The molecule has 0 saturated heterocycles. The number of imide groups is 1. The number of carbonyl (C=O) groups is 4. The van der Waals surface area contributed by atoms with Gasteiger partial charge in [0.2, 0.25) is 11.8 Å². The molecule has 1 N–H and O–H groups in total. The summed E-state index contributed by atoms with van der Waals surface area (Å²) < 4.78 is 5.80. The number of amides is 4. The predicted molar refractivity (Wildman–Crippen MR) is 110 cm³/mol. The lowest BCUT2D eigenvalue weighted by atomic mass is 9.93. The Labute approximate surface area is 173 Å². The monoisotopic (exact) mass is 407 g/mol. The first-order valence-electron chi connectivity index (χ1n) is 9.49. The van der Waals surface area contributed by atoms with Crippen LogP contribution in [0.5, 0.6) is 5.75 Å². The minimum atomic E-state index is -0.678. The summed E-state index contributed by atoms with van der Waals surface area (Å²) in [5.74, 6) is -1.08. The van der Waals surface area contributed by atoms with Crippen molar-refractivity contribution in [3.05, 3.63) is 53.6 Å². The highest BCUT2D eigenvalue weighted by Crippen LogP contribution is 2.37. The third kappa shape index (κ3) is 3.20. The number of nitrogens with zero attached hydrogens (tertiary/aromatic N) is 2. The van der Waals surface area contributed by atoms with E-state index in [4.69, 9.17) is 4.74 Å². The maximum Gasteiger partial charge on any atom is 0.262 e. The van der Waals surface area contributed by atoms with Crippen LogP contribution >= 0.6 is 0 Å². The topological polar surface area (TPSA) is 96.0 Å². The second-order valence-corrected chi connectivity index (χ2v) is 8.01. The maximum absolute atomic E-state index is 12.5. The number of hydrogen-bond acceptors (Lipinski definition) is 5. The van der Waals surface area contributed by atoms with E-state index in [2.05, 4.69) is 5.32 Å². The van der Waals surface area contributed by atoms with Gasteiger partial charge in [-0.05, 0) is 38.1 Å². The molecule has 4 amide bonds. The van der Waals surface area contributed by atoms with E-state index < -0.39 is 29.7 Å². The number of fused-ring (bicyclic) bond motifs is 2. The van der Waals surface area contributed by atoms with Crippen molar-refractivity contribution < 1.29 is 23.9 Å². The van der Waals surface area contributed by atoms with E-state index in [0.29, 0.717) is 28.3 Å². The lowest BCUT2D eigenvalue weighted by Gasteiger charge is -2.24. The van der Waals surface area contributed by atoms with Crippen LogP contribution in [0.3, 0.4) is 0 Å². The van der Waals surface area contributed by atoms with Gasteiger partial charge in [0.25, 0.3) is 11.8 Å². The number of hydrogen-bond donors (Lipinski definition) is 1. The Morgan fingerprint density at radius 1 is 1.07 bits per heavy atom. The van der Waals surface area contributed by atoms with Gasteiger partial charge in [-0.3, -0.25) is 24.1 Å². The molecule has 0 aliphatic carbocycles. The summed E-state index contributed by atoms with van der Waals surface area (Å²) in [6, 6.07) is 11.4. The standard InChI is InChI=1S/C22H21N3O5/c1-22(2)12-30-17-10-13(8-9-16(17)24(3)21(22)29)23-18(26)11-25-19(27)14-6-4-5-7-15(14)20(25)28/h4-10H,11-12H2,1-3H3,(H,23,26). The van der Waals surface area contributed by atoms with E-state index in [1.54, 1.807) is 49.5 Å². The van der Waals surface area contributed by atoms with Gasteiger partial charge >= 0.3 is 0 Å². The van der Waals surface area contributed by atoms with E-state index in [1.165, 1.54) is 4.90 Å². The summed E-state index contributed by atoms with van der Waals surface area (Å²) in [7, 11) is 1.68. The molecular formula is C22H21N3O5. The van der Waals surface area contributed by atoms with Crippen LogP contribution in [0.15, 0.2) is 42.5 Å². The average Bonchev–Trinajstić information content (AvgIpc) is 2.91. The van der Waals surface area contributed by atoms with Crippen molar-refractivity contribution in [1.82, 2.24) is 4.90 Å². The van der Waals surface area contributed by atoms with Gasteiger partial charge in [-0.2, -0.15) is 0 Å². The van der Waals surface area contributed by atoms with Gasteiger partial charge in [0.05, 0.1) is 22.2 Å². The minimum Gasteiger partial charge on any atom is -0.490 e. The zero-order valence-electron chi connectivity index (χ0n) is 16.9. The molecule has 2 heterocycles. The Morgan fingerprint density at radius 3 is 2.33 bits per heavy atom. The molecule has 8 nitrogen and oxygen atoms in total. The molecule has 0 aromatic heterocycles. The normalized spacial score (nSPS) is 17.2. The minimum absolute atomic E-state index is 0.0661. The predicted octanol–water partition coefficient (Wildman–Crippen LogP) is 2.30. The van der Waals surface area contributed by atoms with E-state index in [9.17, 15) is 19.2 Å². The van der Waals surface area contributed by atoms with Crippen molar-refractivity contribution >= 4 is 35.0 Å². The van der Waals surface area contributed by atoms with Crippen LogP contribution < -0.4 is 15.0 Å². The summed E-state index contributed by atoms with van der Waals surface area (Å²) in [6.45, 7) is 3.43. The summed E-state index contributed by atoms with van der Waals surface area (Å²) in [6.07, 6.45) is 0. The maximum atomic E-state index is 12.5. The molecule has 0 fully saturated rings. The fraction of sp³-hybridized carbons (Fsp3) is 0.273. The van der Waals surface area contributed by atoms with E-state index >= 15 is 0 Å². The van der Waals surface area contributed by atoms with Crippen molar-refractivity contribution in [1.29, 1.82) is 0 Å². The molecule has 0 spiro atoms. The van der Waals surface area contributed by atoms with Crippen LogP contribution in [0.4, 0.5) is 11.4 Å². The number of rotatable bonds is 3. The SMILES string of the molecule is CN1C(=O)C(C)(C)COc2cc(NC(=O)CN3C(=O)c4ccccc4C3=O)ccc21. The van der Waals surface area contributed by atoms with E-state index in [1.807, 2.05) is 13.8 Å². The Morgan fingerprint density at radius 2 is 1.70 bits per heavy atom. The van der Waals surface area contributed by atoms with Crippen LogP contribution in [0.1, 0.15) is 34.6 Å². The number of benzene rings is 2. The molecule has 8 heteroatoms. The lowest BCUT2D eigenvalue weighted by molar-refractivity contribution is -0.127. The zero-order chi connectivity index (χ0) is 21.6. The average molecular weight is 407 g/mol. The van der Waals surface area contributed by atoms with Crippen molar-refractivity contribution in [2.75, 3.05) is 30.4 Å². The van der Waals surface area contributed by atoms with Crippen LogP contribution in [-0.4, -0.2) is 48.7 Å². The molecule has 0 unspecified atom stereocenters.